The third-order valence-electron chi connectivity index (χ3n) is 2.84. The normalized spacial score (nSPS) is 11.2. The quantitative estimate of drug-likeness (QED) is 0.744. The average Bonchev–Trinajstić information content (AvgIpc) is 2.80. The van der Waals surface area contributed by atoms with Crippen LogP contribution in [0.1, 0.15) is 25.6 Å². The van der Waals surface area contributed by atoms with Crippen molar-refractivity contribution in [1.29, 1.82) is 0 Å². The van der Waals surface area contributed by atoms with E-state index in [9.17, 15) is 4.79 Å². The molecule has 7 heteroatoms. The Balaban J connectivity index is 1.84. The lowest BCUT2D eigenvalue weighted by molar-refractivity contribution is -0.122. The van der Waals surface area contributed by atoms with Gasteiger partial charge in [-0.3, -0.25) is 9.69 Å². The van der Waals surface area contributed by atoms with E-state index in [4.69, 9.17) is 0 Å². The van der Waals surface area contributed by atoms with Gasteiger partial charge in [-0.2, -0.15) is 4.98 Å². The number of nitrogens with one attached hydrogen (secondary N) is 1. The van der Waals surface area contributed by atoms with Gasteiger partial charge in [0.05, 0.1) is 13.1 Å². The van der Waals surface area contributed by atoms with Crippen molar-refractivity contribution in [3.05, 3.63) is 24.3 Å². The van der Waals surface area contributed by atoms with Crippen LogP contribution in [0.4, 0.5) is 0 Å². The standard InChI is InChI=1S/C13H20N6O/c1-3-4-6-14-12(20)10-18(2)9-11-16-13-15-7-5-8-19(13)17-11/h5,7-8H,3-4,6,9-10H2,1-2H3,(H,14,20). The summed E-state index contributed by atoms with van der Waals surface area (Å²) in [6.45, 7) is 3.69. The van der Waals surface area contributed by atoms with Crippen molar-refractivity contribution in [2.45, 2.75) is 26.3 Å². The first-order valence-corrected chi connectivity index (χ1v) is 6.80. The van der Waals surface area contributed by atoms with Gasteiger partial charge in [-0.25, -0.2) is 9.50 Å². The molecule has 0 spiro atoms. The average molecular weight is 276 g/mol. The van der Waals surface area contributed by atoms with Gasteiger partial charge in [-0.1, -0.05) is 13.3 Å². The Hall–Kier alpha value is -2.02. The largest absolute Gasteiger partial charge is 0.355 e. The zero-order chi connectivity index (χ0) is 14.4. The Bertz CT molecular complexity index is 534. The minimum atomic E-state index is 0.0304. The number of unbranched alkanes of at least 4 members (excludes halogenated alkanes) is 1. The van der Waals surface area contributed by atoms with E-state index in [2.05, 4.69) is 27.3 Å². The van der Waals surface area contributed by atoms with Crippen LogP contribution in [-0.2, 0) is 11.3 Å². The predicted octanol–water partition coefficient (Wildman–Crippen LogP) is 0.472. The maximum atomic E-state index is 11.7. The van der Waals surface area contributed by atoms with Crippen LogP contribution in [0.3, 0.4) is 0 Å². The van der Waals surface area contributed by atoms with E-state index < -0.39 is 0 Å². The van der Waals surface area contributed by atoms with Gasteiger partial charge in [0.2, 0.25) is 5.91 Å². The molecule has 1 N–H and O–H groups in total. The summed E-state index contributed by atoms with van der Waals surface area (Å²) in [4.78, 5) is 22.0. The lowest BCUT2D eigenvalue weighted by atomic mass is 10.3. The first-order valence-electron chi connectivity index (χ1n) is 6.80. The van der Waals surface area contributed by atoms with Gasteiger partial charge >= 0.3 is 0 Å². The first-order chi connectivity index (χ1) is 9.69. The van der Waals surface area contributed by atoms with Gasteiger partial charge < -0.3 is 5.32 Å². The molecule has 2 rings (SSSR count). The highest BCUT2D eigenvalue weighted by Crippen LogP contribution is 2.00. The Morgan fingerprint density at radius 1 is 1.50 bits per heavy atom. The maximum absolute atomic E-state index is 11.7. The summed E-state index contributed by atoms with van der Waals surface area (Å²) in [6, 6.07) is 1.80. The summed E-state index contributed by atoms with van der Waals surface area (Å²) in [5, 5.41) is 7.19. The number of hydrogen-bond donors (Lipinski definition) is 1. The number of carbonyl (C=O) groups is 1. The number of hydrogen-bond acceptors (Lipinski definition) is 5. The molecule has 0 saturated heterocycles. The third-order valence-corrected chi connectivity index (χ3v) is 2.84. The second-order valence-electron chi connectivity index (χ2n) is 4.77. The fourth-order valence-electron chi connectivity index (χ4n) is 1.85. The molecule has 0 unspecified atom stereocenters. The lowest BCUT2D eigenvalue weighted by Gasteiger charge is -2.14. The number of carbonyl (C=O) groups excluding carboxylic acids is 1. The number of likely N-dealkylation sites (N-methyl/N-ethyl adjacent to an activating group) is 1. The SMILES string of the molecule is CCCCNC(=O)CN(C)Cc1nc2ncccn2n1. The van der Waals surface area contributed by atoms with Crippen molar-refractivity contribution < 1.29 is 4.79 Å². The molecular formula is C13H20N6O. The van der Waals surface area contributed by atoms with E-state index in [0.717, 1.165) is 19.4 Å². The third kappa shape index (κ3) is 3.99. The van der Waals surface area contributed by atoms with Gasteiger partial charge in [0.25, 0.3) is 5.78 Å². The zero-order valence-corrected chi connectivity index (χ0v) is 11.9. The molecule has 0 aliphatic rings. The number of rotatable bonds is 7. The summed E-state index contributed by atoms with van der Waals surface area (Å²) < 4.78 is 1.63. The van der Waals surface area contributed by atoms with E-state index in [-0.39, 0.29) is 5.91 Å². The van der Waals surface area contributed by atoms with E-state index in [0.29, 0.717) is 24.7 Å². The van der Waals surface area contributed by atoms with Gasteiger partial charge in [0.1, 0.15) is 0 Å². The molecule has 0 aliphatic heterocycles. The molecule has 2 aromatic heterocycles. The molecule has 0 bridgehead atoms. The number of amides is 1. The van der Waals surface area contributed by atoms with Crippen molar-refractivity contribution in [3.63, 3.8) is 0 Å². The molecule has 0 fully saturated rings. The highest BCUT2D eigenvalue weighted by Gasteiger charge is 2.10. The molecule has 2 aromatic rings. The van der Waals surface area contributed by atoms with Gasteiger partial charge in [-0.15, -0.1) is 5.10 Å². The van der Waals surface area contributed by atoms with Gasteiger partial charge in [0, 0.05) is 18.9 Å². The van der Waals surface area contributed by atoms with Crippen LogP contribution in [0.5, 0.6) is 0 Å². The van der Waals surface area contributed by atoms with E-state index >= 15 is 0 Å². The number of nitrogens with zero attached hydrogens (tertiary/aromatic N) is 5. The highest BCUT2D eigenvalue weighted by atomic mass is 16.2. The Morgan fingerprint density at radius 2 is 2.35 bits per heavy atom. The van der Waals surface area contributed by atoms with Crippen molar-refractivity contribution in [2.24, 2.45) is 0 Å². The van der Waals surface area contributed by atoms with Crippen LogP contribution in [-0.4, -0.2) is 50.5 Å². The Kier molecular flexibility index (Phi) is 5.00. The van der Waals surface area contributed by atoms with E-state index in [1.165, 1.54) is 0 Å². The molecule has 0 aliphatic carbocycles. The van der Waals surface area contributed by atoms with Crippen molar-refractivity contribution >= 4 is 11.7 Å². The fraction of sp³-hybridized carbons (Fsp3) is 0.538. The highest BCUT2D eigenvalue weighted by molar-refractivity contribution is 5.77. The summed E-state index contributed by atoms with van der Waals surface area (Å²) in [7, 11) is 1.87. The number of aromatic nitrogens is 4. The maximum Gasteiger partial charge on any atom is 0.252 e. The predicted molar refractivity (Wildman–Crippen MR) is 75.0 cm³/mol. The van der Waals surface area contributed by atoms with E-state index in [1.54, 1.807) is 23.0 Å². The summed E-state index contributed by atoms with van der Waals surface area (Å²) >= 11 is 0. The molecule has 7 nitrogen and oxygen atoms in total. The van der Waals surface area contributed by atoms with E-state index in [1.807, 2.05) is 11.9 Å². The minimum absolute atomic E-state index is 0.0304. The topological polar surface area (TPSA) is 75.4 Å². The molecule has 0 radical (unpaired) electrons. The van der Waals surface area contributed by atoms with Crippen molar-refractivity contribution in [2.75, 3.05) is 20.1 Å². The number of fused-ring (bicyclic) bond motifs is 1. The van der Waals surface area contributed by atoms with Crippen molar-refractivity contribution in [1.82, 2.24) is 29.8 Å². The first kappa shape index (κ1) is 14.4. The van der Waals surface area contributed by atoms with Gasteiger partial charge in [0.15, 0.2) is 5.82 Å². The summed E-state index contributed by atoms with van der Waals surface area (Å²) in [6.07, 6.45) is 5.57. The van der Waals surface area contributed by atoms with Crippen LogP contribution in [0.2, 0.25) is 0 Å². The van der Waals surface area contributed by atoms with Crippen LogP contribution < -0.4 is 5.32 Å². The molecule has 0 atom stereocenters. The smallest absolute Gasteiger partial charge is 0.252 e. The second-order valence-corrected chi connectivity index (χ2v) is 4.77. The summed E-state index contributed by atoms with van der Waals surface area (Å²) in [5.74, 6) is 1.26. The molecular weight excluding hydrogens is 256 g/mol. The molecule has 108 valence electrons. The second kappa shape index (κ2) is 6.95. The molecule has 1 amide bonds. The monoisotopic (exact) mass is 276 g/mol. The molecule has 2 heterocycles. The van der Waals surface area contributed by atoms with Crippen LogP contribution in [0, 0.1) is 0 Å². The molecule has 20 heavy (non-hydrogen) atoms. The minimum Gasteiger partial charge on any atom is -0.355 e. The lowest BCUT2D eigenvalue weighted by Crippen LogP contribution is -2.35. The van der Waals surface area contributed by atoms with Gasteiger partial charge in [-0.05, 0) is 19.5 Å². The molecule has 0 aromatic carbocycles. The fourth-order valence-corrected chi connectivity index (χ4v) is 1.85. The Labute approximate surface area is 118 Å². The zero-order valence-electron chi connectivity index (χ0n) is 11.9. The van der Waals surface area contributed by atoms with Crippen LogP contribution >= 0.6 is 0 Å². The molecule has 0 saturated carbocycles. The van der Waals surface area contributed by atoms with Crippen molar-refractivity contribution in [3.8, 4) is 0 Å². The van der Waals surface area contributed by atoms with Crippen LogP contribution in [0.15, 0.2) is 18.5 Å². The Morgan fingerprint density at radius 3 is 3.10 bits per heavy atom. The summed E-state index contributed by atoms with van der Waals surface area (Å²) in [5.41, 5.74) is 0. The van der Waals surface area contributed by atoms with Crippen LogP contribution in [0.25, 0.3) is 5.78 Å².